The molecule has 8 nitrogen and oxygen atoms in total. The molecule has 0 saturated carbocycles. The Morgan fingerprint density at radius 3 is 1.27 bits per heavy atom. The first kappa shape index (κ1) is 13.7. The van der Waals surface area contributed by atoms with Crippen molar-refractivity contribution in [2.75, 3.05) is 0 Å². The SMILES string of the molecule is O=P(O)(O)O.O[Si](O)(O)OF. The Labute approximate surface area is 60.7 Å². The van der Waals surface area contributed by atoms with Gasteiger partial charge in [-0.1, -0.05) is 4.53 Å². The van der Waals surface area contributed by atoms with E-state index in [0.29, 0.717) is 0 Å². The van der Waals surface area contributed by atoms with E-state index in [2.05, 4.69) is 4.63 Å². The van der Waals surface area contributed by atoms with Crippen LogP contribution in [0.1, 0.15) is 0 Å². The topological polar surface area (TPSA) is 148 Å². The maximum Gasteiger partial charge on any atom is 0.703 e. The quantitative estimate of drug-likeness (QED) is 0.204. The molecule has 0 aromatic heterocycles. The first-order valence-electron chi connectivity index (χ1n) is 1.81. The van der Waals surface area contributed by atoms with Gasteiger partial charge in [-0.2, -0.15) is 4.63 Å². The van der Waals surface area contributed by atoms with Crippen LogP contribution in [0.2, 0.25) is 0 Å². The Morgan fingerprint density at radius 1 is 1.18 bits per heavy atom. The molecule has 6 N–H and O–H groups in total. The molecule has 11 heavy (non-hydrogen) atoms. The van der Waals surface area contributed by atoms with Crippen LogP contribution in [0.5, 0.6) is 0 Å². The lowest BCUT2D eigenvalue weighted by molar-refractivity contribution is -0.111. The van der Waals surface area contributed by atoms with E-state index < -0.39 is 16.9 Å². The second-order valence-corrected chi connectivity index (χ2v) is 3.49. The van der Waals surface area contributed by atoms with Gasteiger partial charge in [0.1, 0.15) is 0 Å². The molecular weight excluding hydrogens is 206 g/mol. The standard InChI is InChI=1S/FH3O4Si.H3O4P/c1-5-6(2,3)4;1-5(2,3)4/h2-4H;(H3,1,2,3,4). The summed E-state index contributed by atoms with van der Waals surface area (Å²) in [5.74, 6) is 0. The smallest absolute Gasteiger partial charge is 0.366 e. The average molecular weight is 212 g/mol. The summed E-state index contributed by atoms with van der Waals surface area (Å²) < 4.78 is 21.4. The first-order chi connectivity index (χ1) is 4.56. The predicted molar refractivity (Wildman–Crippen MR) is 28.9 cm³/mol. The van der Waals surface area contributed by atoms with E-state index in [-0.39, 0.29) is 0 Å². The summed E-state index contributed by atoms with van der Waals surface area (Å²) in [5.41, 5.74) is 0. The molecule has 0 bridgehead atoms. The molecule has 0 heterocycles. The number of halogens is 1. The third-order valence-electron chi connectivity index (χ3n) is 0.104. The van der Waals surface area contributed by atoms with Crippen molar-refractivity contribution in [1.29, 1.82) is 0 Å². The van der Waals surface area contributed by atoms with Crippen LogP contribution in [-0.2, 0) is 9.20 Å². The van der Waals surface area contributed by atoms with Crippen LogP contribution < -0.4 is 0 Å². The highest BCUT2D eigenvalue weighted by Crippen LogP contribution is 2.25. The molecule has 0 spiro atoms. The summed E-state index contributed by atoms with van der Waals surface area (Å²) in [7, 11) is -9.44. The van der Waals surface area contributed by atoms with Crippen molar-refractivity contribution >= 4 is 16.9 Å². The molecule has 0 radical (unpaired) electrons. The van der Waals surface area contributed by atoms with Gasteiger partial charge in [0.05, 0.1) is 0 Å². The molecule has 0 aliphatic carbocycles. The Kier molecular flexibility index (Phi) is 6.05. The van der Waals surface area contributed by atoms with Crippen molar-refractivity contribution in [3.8, 4) is 0 Å². The van der Waals surface area contributed by atoms with Gasteiger partial charge >= 0.3 is 16.9 Å². The maximum absolute atomic E-state index is 10.3. The minimum absolute atomic E-state index is 2.24. The molecule has 70 valence electrons. The zero-order chi connectivity index (χ0) is 9.71. The first-order valence-corrected chi connectivity index (χ1v) is 5.13. The summed E-state index contributed by atoms with van der Waals surface area (Å²) >= 11 is 0. The van der Waals surface area contributed by atoms with Gasteiger partial charge in [-0.05, 0) is 0 Å². The Hall–Kier alpha value is 0.0969. The molecule has 0 aliphatic heterocycles. The van der Waals surface area contributed by atoms with Gasteiger partial charge in [0, 0.05) is 0 Å². The van der Waals surface area contributed by atoms with Gasteiger partial charge in [-0.25, -0.2) is 4.57 Å². The molecule has 0 fully saturated rings. The largest absolute Gasteiger partial charge is 0.703 e. The highest BCUT2D eigenvalue weighted by Gasteiger charge is 2.31. The minimum atomic E-state index is -4.80. The summed E-state index contributed by atoms with van der Waals surface area (Å²) in [6.45, 7) is 0. The predicted octanol–water partition coefficient (Wildman–Crippen LogP) is -2.63. The lowest BCUT2D eigenvalue weighted by Gasteiger charge is -1.96. The highest BCUT2D eigenvalue weighted by molar-refractivity contribution is 7.45. The summed E-state index contributed by atoms with van der Waals surface area (Å²) in [6, 6.07) is 0. The maximum atomic E-state index is 10.3. The lowest BCUT2D eigenvalue weighted by atomic mass is 15.5. The molecule has 0 rings (SSSR count). The van der Waals surface area contributed by atoms with Gasteiger partial charge in [0.15, 0.2) is 0 Å². The van der Waals surface area contributed by atoms with Crippen molar-refractivity contribution in [2.24, 2.45) is 0 Å². The third-order valence-corrected chi connectivity index (χ3v) is 0.311. The van der Waals surface area contributed by atoms with E-state index in [1.165, 1.54) is 0 Å². The second-order valence-electron chi connectivity index (χ2n) is 1.16. The second kappa shape index (κ2) is 4.87. The van der Waals surface area contributed by atoms with Crippen molar-refractivity contribution in [3.63, 3.8) is 0 Å². The zero-order valence-electron chi connectivity index (χ0n) is 4.82. The minimum Gasteiger partial charge on any atom is -0.366 e. The van der Waals surface area contributed by atoms with E-state index in [1.807, 2.05) is 0 Å². The molecular formula is H6FO8PSi. The fourth-order valence-electron chi connectivity index (χ4n) is 0. The van der Waals surface area contributed by atoms with E-state index in [9.17, 15) is 4.53 Å². The lowest BCUT2D eigenvalue weighted by Crippen LogP contribution is -2.35. The van der Waals surface area contributed by atoms with Crippen LogP contribution in [0, 0.1) is 0 Å². The van der Waals surface area contributed by atoms with Crippen LogP contribution in [0.4, 0.5) is 4.53 Å². The third kappa shape index (κ3) is 69.0. The average Bonchev–Trinajstić information content (AvgIpc) is 1.59. The molecule has 0 atom stereocenters. The Bertz CT molecular complexity index is 123. The fourth-order valence-corrected chi connectivity index (χ4v) is 0. The highest BCUT2D eigenvalue weighted by atomic mass is 31.2. The number of phosphoric acid groups is 1. The van der Waals surface area contributed by atoms with Crippen molar-refractivity contribution in [1.82, 2.24) is 0 Å². The van der Waals surface area contributed by atoms with Crippen molar-refractivity contribution in [2.45, 2.75) is 0 Å². The van der Waals surface area contributed by atoms with Crippen LogP contribution in [0.15, 0.2) is 0 Å². The fraction of sp³-hybridized carbons (Fsp3) is 0. The van der Waals surface area contributed by atoms with E-state index >= 15 is 0 Å². The van der Waals surface area contributed by atoms with Crippen LogP contribution in [0.3, 0.4) is 0 Å². The Morgan fingerprint density at radius 2 is 1.27 bits per heavy atom. The molecule has 0 saturated heterocycles. The molecule has 0 unspecified atom stereocenters. The number of hydrogen-bond donors (Lipinski definition) is 6. The molecule has 0 aromatic carbocycles. The van der Waals surface area contributed by atoms with Crippen LogP contribution >= 0.6 is 7.82 Å². The molecule has 0 aliphatic rings. The zero-order valence-corrected chi connectivity index (χ0v) is 6.72. The van der Waals surface area contributed by atoms with Crippen molar-refractivity contribution < 1.29 is 42.8 Å². The Balaban J connectivity index is 0. The van der Waals surface area contributed by atoms with E-state index in [0.717, 1.165) is 0 Å². The van der Waals surface area contributed by atoms with Gasteiger partial charge in [0.2, 0.25) is 0 Å². The summed E-state index contributed by atoms with van der Waals surface area (Å²) in [5, 5.41) is 0. The van der Waals surface area contributed by atoms with Gasteiger partial charge < -0.3 is 29.1 Å². The summed E-state index contributed by atoms with van der Waals surface area (Å²) in [4.78, 5) is 44.0. The van der Waals surface area contributed by atoms with Gasteiger partial charge in [0.25, 0.3) is 0 Å². The van der Waals surface area contributed by atoms with Gasteiger partial charge in [-0.15, -0.1) is 0 Å². The number of hydrogen-bond acceptors (Lipinski definition) is 5. The monoisotopic (exact) mass is 212 g/mol. The summed E-state index contributed by atoms with van der Waals surface area (Å²) in [6.07, 6.45) is 0. The molecule has 11 heteroatoms. The van der Waals surface area contributed by atoms with Crippen LogP contribution in [-0.4, -0.2) is 38.1 Å². The van der Waals surface area contributed by atoms with E-state index in [1.54, 1.807) is 0 Å². The molecule has 0 amide bonds. The van der Waals surface area contributed by atoms with Crippen LogP contribution in [0.25, 0.3) is 0 Å². The number of rotatable bonds is 1. The normalized spacial score (nSPS) is 11.9. The molecule has 0 aromatic rings. The van der Waals surface area contributed by atoms with E-state index in [4.69, 9.17) is 33.6 Å². The van der Waals surface area contributed by atoms with Crippen molar-refractivity contribution in [3.05, 3.63) is 0 Å². The van der Waals surface area contributed by atoms with Gasteiger partial charge in [-0.3, -0.25) is 0 Å².